The Labute approximate surface area is 63.2 Å². The Morgan fingerprint density at radius 2 is 2.00 bits per heavy atom. The second-order valence-electron chi connectivity index (χ2n) is 3.83. The minimum Gasteiger partial charge on any atom is -0.314 e. The van der Waals surface area contributed by atoms with E-state index < -0.39 is 0 Å². The van der Waals surface area contributed by atoms with Crippen LogP contribution in [-0.2, 0) is 0 Å². The van der Waals surface area contributed by atoms with E-state index in [4.69, 9.17) is 0 Å². The summed E-state index contributed by atoms with van der Waals surface area (Å²) >= 11 is 0. The van der Waals surface area contributed by atoms with Crippen molar-refractivity contribution in [3.05, 3.63) is 0 Å². The molecule has 1 aliphatic carbocycles. The minimum atomic E-state index is 0.894. The van der Waals surface area contributed by atoms with Gasteiger partial charge in [0.05, 0.1) is 0 Å². The molecule has 2 aliphatic rings. The highest BCUT2D eigenvalue weighted by molar-refractivity contribution is 4.80. The third-order valence-electron chi connectivity index (χ3n) is 3.00. The zero-order valence-corrected chi connectivity index (χ0v) is 6.60. The molecule has 0 aromatic carbocycles. The van der Waals surface area contributed by atoms with Gasteiger partial charge in [0.25, 0.3) is 0 Å². The number of hydrogen-bond acceptors (Lipinski definition) is 1. The topological polar surface area (TPSA) is 12.0 Å². The zero-order valence-electron chi connectivity index (χ0n) is 6.60. The van der Waals surface area contributed by atoms with Crippen LogP contribution in [0.4, 0.5) is 0 Å². The third kappa shape index (κ3) is 1.34. The first-order valence-corrected chi connectivity index (χ1v) is 4.68. The second kappa shape index (κ2) is 2.91. The lowest BCUT2D eigenvalue weighted by Crippen LogP contribution is -2.26. The Balaban J connectivity index is 1.68. The van der Waals surface area contributed by atoms with Crippen molar-refractivity contribution < 1.29 is 0 Å². The van der Waals surface area contributed by atoms with Gasteiger partial charge >= 0.3 is 0 Å². The molecule has 0 aromatic heterocycles. The molecule has 1 nitrogen and oxygen atoms in total. The molecule has 1 heteroatoms. The van der Waals surface area contributed by atoms with Crippen LogP contribution in [0, 0.1) is 5.92 Å². The molecule has 0 bridgehead atoms. The van der Waals surface area contributed by atoms with Gasteiger partial charge in [-0.3, -0.25) is 0 Å². The Hall–Kier alpha value is -0.0400. The Morgan fingerprint density at radius 1 is 1.10 bits per heavy atom. The first-order valence-electron chi connectivity index (χ1n) is 4.68. The number of hydrogen-bond donors (Lipinski definition) is 1. The van der Waals surface area contributed by atoms with Gasteiger partial charge in [-0.25, -0.2) is 0 Å². The lowest BCUT2D eigenvalue weighted by Gasteiger charge is -2.27. The summed E-state index contributed by atoms with van der Waals surface area (Å²) in [6.07, 6.45) is 8.85. The van der Waals surface area contributed by atoms with Gasteiger partial charge in [-0.05, 0) is 31.7 Å². The Bertz CT molecular complexity index is 101. The maximum Gasteiger partial charge on any atom is 0.00701 e. The highest BCUT2D eigenvalue weighted by atomic mass is 14.9. The third-order valence-corrected chi connectivity index (χ3v) is 3.00. The maximum atomic E-state index is 3.56. The van der Waals surface area contributed by atoms with E-state index in [-0.39, 0.29) is 0 Å². The minimum absolute atomic E-state index is 0.894. The molecular formula is C9H17N. The molecule has 1 heterocycles. The van der Waals surface area contributed by atoms with E-state index in [0.717, 1.165) is 12.0 Å². The average Bonchev–Trinajstić information content (AvgIpc) is 2.29. The summed E-state index contributed by atoms with van der Waals surface area (Å²) in [4.78, 5) is 0. The molecule has 1 N–H and O–H groups in total. The predicted octanol–water partition coefficient (Wildman–Crippen LogP) is 1.93. The molecule has 1 aliphatic heterocycles. The number of nitrogens with one attached hydrogen (secondary N) is 1. The quantitative estimate of drug-likeness (QED) is 0.616. The van der Waals surface area contributed by atoms with Crippen LogP contribution in [0.3, 0.4) is 0 Å². The smallest absolute Gasteiger partial charge is 0.00701 e. The summed E-state index contributed by atoms with van der Waals surface area (Å²) in [7, 11) is 0. The van der Waals surface area contributed by atoms with Gasteiger partial charge < -0.3 is 5.32 Å². The largest absolute Gasteiger partial charge is 0.314 e. The molecule has 10 heavy (non-hydrogen) atoms. The van der Waals surface area contributed by atoms with Gasteiger partial charge in [0.15, 0.2) is 0 Å². The lowest BCUT2D eigenvalue weighted by molar-refractivity contribution is 0.268. The van der Waals surface area contributed by atoms with Gasteiger partial charge in [0.2, 0.25) is 0 Å². The van der Waals surface area contributed by atoms with Gasteiger partial charge in [-0.2, -0.15) is 0 Å². The van der Waals surface area contributed by atoms with Crippen molar-refractivity contribution in [1.82, 2.24) is 5.32 Å². The Morgan fingerprint density at radius 3 is 2.50 bits per heavy atom. The average molecular weight is 139 g/mol. The van der Waals surface area contributed by atoms with Crippen molar-refractivity contribution in [2.24, 2.45) is 5.92 Å². The Kier molecular flexibility index (Phi) is 1.94. The summed E-state index contributed by atoms with van der Waals surface area (Å²) in [5.74, 6) is 1.09. The van der Waals surface area contributed by atoms with Crippen LogP contribution in [0.15, 0.2) is 0 Å². The number of rotatable bonds is 2. The SMILES string of the molecule is C1CC(C[C@H]2CCCN2)C1. The first kappa shape index (κ1) is 6.66. The predicted molar refractivity (Wildman–Crippen MR) is 43.0 cm³/mol. The maximum absolute atomic E-state index is 3.56. The highest BCUT2D eigenvalue weighted by Crippen LogP contribution is 2.31. The van der Waals surface area contributed by atoms with Gasteiger partial charge in [0, 0.05) is 6.04 Å². The van der Waals surface area contributed by atoms with Crippen molar-refractivity contribution in [1.29, 1.82) is 0 Å². The molecule has 2 rings (SSSR count). The molecule has 0 radical (unpaired) electrons. The normalized spacial score (nSPS) is 34.2. The van der Waals surface area contributed by atoms with E-state index in [0.29, 0.717) is 0 Å². The standard InChI is InChI=1S/C9H17N/c1-3-8(4-1)7-9-5-2-6-10-9/h8-10H,1-7H2/t9-/m1/s1. The van der Waals surface area contributed by atoms with E-state index in [2.05, 4.69) is 5.32 Å². The van der Waals surface area contributed by atoms with Crippen molar-refractivity contribution >= 4 is 0 Å². The monoisotopic (exact) mass is 139 g/mol. The van der Waals surface area contributed by atoms with Crippen LogP contribution >= 0.6 is 0 Å². The molecule has 1 saturated heterocycles. The summed E-state index contributed by atoms with van der Waals surface area (Å²) in [6.45, 7) is 1.28. The molecule has 2 fully saturated rings. The summed E-state index contributed by atoms with van der Waals surface area (Å²) < 4.78 is 0. The molecule has 0 spiro atoms. The van der Waals surface area contributed by atoms with Crippen molar-refractivity contribution in [3.63, 3.8) is 0 Å². The molecule has 0 aromatic rings. The lowest BCUT2D eigenvalue weighted by atomic mass is 9.81. The van der Waals surface area contributed by atoms with Crippen LogP contribution < -0.4 is 5.32 Å². The van der Waals surface area contributed by atoms with Crippen LogP contribution in [0.1, 0.15) is 38.5 Å². The van der Waals surface area contributed by atoms with E-state index in [1.54, 1.807) is 0 Å². The van der Waals surface area contributed by atoms with Crippen LogP contribution in [-0.4, -0.2) is 12.6 Å². The first-order chi connectivity index (χ1) is 4.95. The fourth-order valence-corrected chi connectivity index (χ4v) is 2.09. The van der Waals surface area contributed by atoms with Gasteiger partial charge in [0.1, 0.15) is 0 Å². The van der Waals surface area contributed by atoms with Gasteiger partial charge in [-0.15, -0.1) is 0 Å². The highest BCUT2D eigenvalue weighted by Gasteiger charge is 2.23. The molecule has 0 amide bonds. The van der Waals surface area contributed by atoms with E-state index >= 15 is 0 Å². The van der Waals surface area contributed by atoms with E-state index in [1.165, 1.54) is 45.1 Å². The van der Waals surface area contributed by atoms with Crippen LogP contribution in [0.5, 0.6) is 0 Å². The van der Waals surface area contributed by atoms with Crippen molar-refractivity contribution in [3.8, 4) is 0 Å². The molecule has 1 atom stereocenters. The summed E-state index contributed by atoms with van der Waals surface area (Å²) in [6, 6.07) is 0.894. The van der Waals surface area contributed by atoms with E-state index in [1.807, 2.05) is 0 Å². The summed E-state index contributed by atoms with van der Waals surface area (Å²) in [5, 5.41) is 3.56. The fourth-order valence-electron chi connectivity index (χ4n) is 2.09. The van der Waals surface area contributed by atoms with Crippen molar-refractivity contribution in [2.45, 2.75) is 44.6 Å². The van der Waals surface area contributed by atoms with Crippen molar-refractivity contribution in [2.75, 3.05) is 6.54 Å². The van der Waals surface area contributed by atoms with Crippen LogP contribution in [0.2, 0.25) is 0 Å². The molecular weight excluding hydrogens is 122 g/mol. The molecule has 1 saturated carbocycles. The van der Waals surface area contributed by atoms with Crippen LogP contribution in [0.25, 0.3) is 0 Å². The molecule has 58 valence electrons. The zero-order chi connectivity index (χ0) is 6.81. The molecule has 0 unspecified atom stereocenters. The van der Waals surface area contributed by atoms with E-state index in [9.17, 15) is 0 Å². The fraction of sp³-hybridized carbons (Fsp3) is 1.00. The second-order valence-corrected chi connectivity index (χ2v) is 3.83. The summed E-state index contributed by atoms with van der Waals surface area (Å²) in [5.41, 5.74) is 0. The van der Waals surface area contributed by atoms with Gasteiger partial charge in [-0.1, -0.05) is 19.3 Å².